The van der Waals surface area contributed by atoms with Gasteiger partial charge in [-0.2, -0.15) is 13.2 Å². The van der Waals surface area contributed by atoms with E-state index >= 15 is 0 Å². The summed E-state index contributed by atoms with van der Waals surface area (Å²) in [5.74, 6) is -2.10. The van der Waals surface area contributed by atoms with Gasteiger partial charge >= 0.3 is 12.1 Å². The Labute approximate surface area is 204 Å². The maximum absolute atomic E-state index is 13.3. The third kappa shape index (κ3) is 5.09. The van der Waals surface area contributed by atoms with E-state index in [2.05, 4.69) is 4.99 Å². The van der Waals surface area contributed by atoms with Crippen molar-refractivity contribution >= 4 is 17.8 Å². The molecule has 0 saturated carbocycles. The Morgan fingerprint density at radius 3 is 2.03 bits per heavy atom. The van der Waals surface area contributed by atoms with Crippen molar-refractivity contribution in [1.29, 1.82) is 0 Å². The summed E-state index contributed by atoms with van der Waals surface area (Å²) in [6.07, 6.45) is -5.08. The van der Waals surface area contributed by atoms with Gasteiger partial charge in [0.25, 0.3) is 5.91 Å². The number of phenolic OH excluding ortho intramolecular Hbond substituents is 1. The number of aliphatic carboxylic acids is 1. The molecule has 36 heavy (non-hydrogen) atoms. The number of guanidine groups is 1. The van der Waals surface area contributed by atoms with Crippen molar-refractivity contribution < 1.29 is 37.7 Å². The van der Waals surface area contributed by atoms with E-state index in [1.807, 2.05) is 48.5 Å². The average Bonchev–Trinajstić information content (AvgIpc) is 3.08. The zero-order valence-corrected chi connectivity index (χ0v) is 19.2. The number of aromatic hydroxyl groups is 1. The van der Waals surface area contributed by atoms with Crippen LogP contribution in [0.2, 0.25) is 0 Å². The quantitative estimate of drug-likeness (QED) is 0.500. The smallest absolute Gasteiger partial charge is 0.490 e. The molecule has 0 fully saturated rings. The second-order valence-corrected chi connectivity index (χ2v) is 7.71. The van der Waals surface area contributed by atoms with Crippen molar-refractivity contribution in [3.05, 3.63) is 83.9 Å². The van der Waals surface area contributed by atoms with E-state index in [1.165, 1.54) is 4.90 Å². The number of carbonyl (C=O) groups excluding carboxylic acids is 1. The second-order valence-electron chi connectivity index (χ2n) is 7.71. The van der Waals surface area contributed by atoms with Gasteiger partial charge in [-0.05, 0) is 52.6 Å². The Bertz CT molecular complexity index is 1330. The molecule has 0 bridgehead atoms. The number of hydrogen-bond donors (Lipinski definition) is 3. The van der Waals surface area contributed by atoms with Crippen LogP contribution >= 0.6 is 0 Å². The molecule has 0 spiro atoms. The highest BCUT2D eigenvalue weighted by Gasteiger charge is 2.49. The largest absolute Gasteiger partial charge is 0.508 e. The number of amides is 1. The molecule has 8 nitrogen and oxygen atoms in total. The van der Waals surface area contributed by atoms with Gasteiger partial charge in [-0.25, -0.2) is 9.79 Å². The molecule has 0 aromatic heterocycles. The van der Waals surface area contributed by atoms with Crippen molar-refractivity contribution in [2.24, 2.45) is 10.7 Å². The molecular formula is C25H22F3N3O5. The molecule has 11 heteroatoms. The lowest BCUT2D eigenvalue weighted by molar-refractivity contribution is -0.192. The summed E-state index contributed by atoms with van der Waals surface area (Å²) in [5, 5.41) is 17.1. The van der Waals surface area contributed by atoms with Crippen molar-refractivity contribution in [3.63, 3.8) is 0 Å². The minimum Gasteiger partial charge on any atom is -0.508 e. The number of phenols is 1. The van der Waals surface area contributed by atoms with Crippen LogP contribution in [-0.2, 0) is 15.1 Å². The number of carboxylic acid groups (broad SMARTS) is 1. The molecule has 0 radical (unpaired) electrons. The number of halogens is 3. The van der Waals surface area contributed by atoms with Crippen LogP contribution in [0.3, 0.4) is 0 Å². The summed E-state index contributed by atoms with van der Waals surface area (Å²) in [6.45, 7) is 0. The molecule has 188 valence electrons. The van der Waals surface area contributed by atoms with E-state index in [1.54, 1.807) is 38.4 Å². The van der Waals surface area contributed by atoms with Crippen LogP contribution in [0.5, 0.6) is 11.5 Å². The number of benzene rings is 3. The van der Waals surface area contributed by atoms with Crippen molar-refractivity contribution in [1.82, 2.24) is 4.90 Å². The number of nitrogens with two attached hydrogens (primary N) is 1. The van der Waals surface area contributed by atoms with Gasteiger partial charge in [0.2, 0.25) is 0 Å². The number of alkyl halides is 3. The molecule has 1 aliphatic rings. The minimum absolute atomic E-state index is 0.0574. The first-order valence-corrected chi connectivity index (χ1v) is 10.4. The van der Waals surface area contributed by atoms with Gasteiger partial charge in [0.05, 0.1) is 7.11 Å². The molecule has 0 aliphatic carbocycles. The third-order valence-electron chi connectivity index (χ3n) is 5.43. The summed E-state index contributed by atoms with van der Waals surface area (Å²) in [6, 6.07) is 21.9. The molecule has 1 atom stereocenters. The lowest BCUT2D eigenvalue weighted by Crippen LogP contribution is -2.41. The Kier molecular flexibility index (Phi) is 7.23. The lowest BCUT2D eigenvalue weighted by Gasteiger charge is -2.26. The summed E-state index contributed by atoms with van der Waals surface area (Å²) >= 11 is 0. The molecule has 1 heterocycles. The third-order valence-corrected chi connectivity index (χ3v) is 5.43. The maximum Gasteiger partial charge on any atom is 0.490 e. The average molecular weight is 501 g/mol. The predicted molar refractivity (Wildman–Crippen MR) is 125 cm³/mol. The van der Waals surface area contributed by atoms with Crippen LogP contribution in [0.1, 0.15) is 11.1 Å². The van der Waals surface area contributed by atoms with Gasteiger partial charge in [0, 0.05) is 7.05 Å². The Morgan fingerprint density at radius 2 is 1.53 bits per heavy atom. The number of aliphatic imine (C=N–C) groups is 1. The van der Waals surface area contributed by atoms with Gasteiger partial charge in [0.15, 0.2) is 11.5 Å². The van der Waals surface area contributed by atoms with Crippen LogP contribution in [0.25, 0.3) is 11.1 Å². The van der Waals surface area contributed by atoms with E-state index < -0.39 is 17.7 Å². The van der Waals surface area contributed by atoms with Gasteiger partial charge < -0.3 is 20.7 Å². The number of rotatable bonds is 4. The molecule has 1 aliphatic heterocycles. The Balaban J connectivity index is 0.000000454. The molecule has 3 aromatic carbocycles. The fourth-order valence-corrected chi connectivity index (χ4v) is 3.64. The van der Waals surface area contributed by atoms with Gasteiger partial charge in [-0.3, -0.25) is 9.69 Å². The standard InChI is InChI=1S/C23H21N3O3.C2HF3O2/c1-26-21(28)23(25-22(26)24,18-9-5-10-19(27)14-18)17-8-3-6-15(12-17)16-7-4-11-20(13-16)29-2;3-2(4,5)1(6)7/h3-14,27H,1-2H3,(H2,24,25);(H,6,7). The van der Waals surface area contributed by atoms with E-state index in [0.29, 0.717) is 11.1 Å². The lowest BCUT2D eigenvalue weighted by atomic mass is 9.81. The van der Waals surface area contributed by atoms with E-state index in [0.717, 1.165) is 16.9 Å². The highest BCUT2D eigenvalue weighted by molar-refractivity contribution is 6.09. The van der Waals surface area contributed by atoms with Gasteiger partial charge in [-0.15, -0.1) is 0 Å². The van der Waals surface area contributed by atoms with Crippen molar-refractivity contribution in [2.75, 3.05) is 14.2 Å². The van der Waals surface area contributed by atoms with Gasteiger partial charge in [-0.1, -0.05) is 42.5 Å². The number of methoxy groups -OCH3 is 1. The summed E-state index contributed by atoms with van der Waals surface area (Å²) in [5.41, 5.74) is 7.75. The van der Waals surface area contributed by atoms with E-state index in [-0.39, 0.29) is 17.6 Å². The molecule has 4 rings (SSSR count). The van der Waals surface area contributed by atoms with E-state index in [4.69, 9.17) is 20.4 Å². The molecule has 1 unspecified atom stereocenters. The minimum atomic E-state index is -5.08. The highest BCUT2D eigenvalue weighted by atomic mass is 19.4. The first kappa shape index (κ1) is 26.1. The van der Waals surface area contributed by atoms with Crippen LogP contribution in [-0.4, -0.2) is 53.3 Å². The van der Waals surface area contributed by atoms with Crippen molar-refractivity contribution in [2.45, 2.75) is 11.7 Å². The van der Waals surface area contributed by atoms with Crippen molar-refractivity contribution in [3.8, 4) is 22.6 Å². The first-order valence-electron chi connectivity index (χ1n) is 10.4. The number of hydrogen-bond acceptors (Lipinski definition) is 6. The zero-order valence-electron chi connectivity index (χ0n) is 19.2. The van der Waals surface area contributed by atoms with Crippen LogP contribution in [0.4, 0.5) is 13.2 Å². The molecule has 1 amide bonds. The normalized spacial score (nSPS) is 17.2. The number of carboxylic acids is 1. The fraction of sp³-hybridized carbons (Fsp3) is 0.160. The zero-order chi connectivity index (χ0) is 26.7. The number of likely N-dealkylation sites (N-methyl/N-ethyl adjacent to an activating group) is 1. The molecule has 3 aromatic rings. The number of carbonyl (C=O) groups is 2. The fourth-order valence-electron chi connectivity index (χ4n) is 3.64. The summed E-state index contributed by atoms with van der Waals surface area (Å²) < 4.78 is 37.1. The Hall–Kier alpha value is -4.54. The first-order chi connectivity index (χ1) is 16.9. The monoisotopic (exact) mass is 501 g/mol. The predicted octanol–water partition coefficient (Wildman–Crippen LogP) is 3.73. The topological polar surface area (TPSA) is 125 Å². The number of ether oxygens (including phenoxy) is 1. The Morgan fingerprint density at radius 1 is 1.00 bits per heavy atom. The summed E-state index contributed by atoms with van der Waals surface area (Å²) in [4.78, 5) is 28.1. The highest BCUT2D eigenvalue weighted by Crippen LogP contribution is 2.41. The molecular weight excluding hydrogens is 479 g/mol. The van der Waals surface area contributed by atoms with Crippen LogP contribution < -0.4 is 10.5 Å². The second kappa shape index (κ2) is 9.98. The maximum atomic E-state index is 13.3. The van der Waals surface area contributed by atoms with E-state index in [9.17, 15) is 23.1 Å². The molecule has 4 N–H and O–H groups in total. The SMILES string of the molecule is COc1cccc(-c2cccc(C3(c4cccc(O)c4)N=C(N)N(C)C3=O)c2)c1.O=C(O)C(F)(F)F. The molecule has 0 saturated heterocycles. The van der Waals surface area contributed by atoms with Gasteiger partial charge in [0.1, 0.15) is 11.5 Å². The number of nitrogens with zero attached hydrogens (tertiary/aromatic N) is 2. The van der Waals surface area contributed by atoms with Crippen LogP contribution in [0.15, 0.2) is 77.8 Å². The summed E-state index contributed by atoms with van der Waals surface area (Å²) in [7, 11) is 3.22. The van der Waals surface area contributed by atoms with Crippen LogP contribution in [0, 0.1) is 0 Å².